The van der Waals surface area contributed by atoms with E-state index in [4.69, 9.17) is 9.47 Å². The minimum Gasteiger partial charge on any atom is -0.468 e. The molecule has 1 rings (SSSR count). The second-order valence-electron chi connectivity index (χ2n) is 7.79. The topological polar surface area (TPSA) is 76.7 Å². The summed E-state index contributed by atoms with van der Waals surface area (Å²) in [5, 5.41) is 6.25. The van der Waals surface area contributed by atoms with Crippen molar-refractivity contribution in [3.05, 3.63) is 0 Å². The SMILES string of the molecule is COC(=O)C(C)(C)NC1CCCCC1CNC(=O)OC(C)(C)C. The van der Waals surface area contributed by atoms with Crippen LogP contribution in [0.25, 0.3) is 0 Å². The molecule has 0 heterocycles. The van der Waals surface area contributed by atoms with Crippen molar-refractivity contribution in [2.75, 3.05) is 13.7 Å². The van der Waals surface area contributed by atoms with Crippen molar-refractivity contribution in [1.29, 1.82) is 0 Å². The number of amides is 1. The first-order valence-corrected chi connectivity index (χ1v) is 8.38. The number of carbonyl (C=O) groups is 2. The molecule has 0 radical (unpaired) electrons. The Morgan fingerprint density at radius 1 is 1.09 bits per heavy atom. The van der Waals surface area contributed by atoms with Crippen LogP contribution in [0.2, 0.25) is 0 Å². The summed E-state index contributed by atoms with van der Waals surface area (Å²) in [4.78, 5) is 23.7. The van der Waals surface area contributed by atoms with Gasteiger partial charge in [-0.1, -0.05) is 12.8 Å². The van der Waals surface area contributed by atoms with Gasteiger partial charge in [-0.2, -0.15) is 0 Å². The standard InChI is InChI=1S/C17H32N2O4/c1-16(2,3)23-15(21)18-11-12-9-7-8-10-13(12)19-17(4,5)14(20)22-6/h12-13,19H,7-11H2,1-6H3,(H,18,21). The molecule has 1 fully saturated rings. The van der Waals surface area contributed by atoms with E-state index in [1.54, 1.807) is 0 Å². The van der Waals surface area contributed by atoms with Gasteiger partial charge in [-0.3, -0.25) is 10.1 Å². The van der Waals surface area contributed by atoms with Gasteiger partial charge in [0, 0.05) is 12.6 Å². The Bertz CT molecular complexity index is 415. The van der Waals surface area contributed by atoms with Gasteiger partial charge >= 0.3 is 12.1 Å². The molecule has 134 valence electrons. The highest BCUT2D eigenvalue weighted by molar-refractivity contribution is 5.79. The van der Waals surface area contributed by atoms with Crippen molar-refractivity contribution in [2.24, 2.45) is 5.92 Å². The third kappa shape index (κ3) is 6.77. The Labute approximate surface area is 139 Å². The van der Waals surface area contributed by atoms with Crippen LogP contribution in [0.15, 0.2) is 0 Å². The van der Waals surface area contributed by atoms with Crippen LogP contribution in [0.5, 0.6) is 0 Å². The minimum absolute atomic E-state index is 0.174. The van der Waals surface area contributed by atoms with E-state index in [1.807, 2.05) is 34.6 Å². The Balaban J connectivity index is 2.58. The summed E-state index contributed by atoms with van der Waals surface area (Å²) in [6.07, 6.45) is 3.87. The zero-order valence-electron chi connectivity index (χ0n) is 15.3. The number of esters is 1. The first-order chi connectivity index (χ1) is 10.5. The summed E-state index contributed by atoms with van der Waals surface area (Å²) in [5.41, 5.74) is -1.23. The smallest absolute Gasteiger partial charge is 0.407 e. The average molecular weight is 328 g/mol. The first kappa shape index (κ1) is 19.7. The van der Waals surface area contributed by atoms with Crippen molar-refractivity contribution in [1.82, 2.24) is 10.6 Å². The zero-order valence-corrected chi connectivity index (χ0v) is 15.3. The summed E-state index contributed by atoms with van der Waals surface area (Å²) >= 11 is 0. The Morgan fingerprint density at radius 3 is 2.26 bits per heavy atom. The number of alkyl carbamates (subject to hydrolysis) is 1. The van der Waals surface area contributed by atoms with Crippen molar-refractivity contribution in [3.8, 4) is 0 Å². The fourth-order valence-corrected chi connectivity index (χ4v) is 2.95. The number of carbonyl (C=O) groups excluding carboxylic acids is 2. The van der Waals surface area contributed by atoms with Gasteiger partial charge < -0.3 is 14.8 Å². The third-order valence-electron chi connectivity index (χ3n) is 4.06. The predicted octanol–water partition coefficient (Wildman–Crippen LogP) is 2.61. The number of hydrogen-bond donors (Lipinski definition) is 2. The van der Waals surface area contributed by atoms with Crippen LogP contribution in [-0.4, -0.2) is 42.9 Å². The largest absolute Gasteiger partial charge is 0.468 e. The molecule has 0 aromatic heterocycles. The van der Waals surface area contributed by atoms with Gasteiger partial charge in [0.2, 0.25) is 0 Å². The van der Waals surface area contributed by atoms with E-state index < -0.39 is 17.2 Å². The van der Waals surface area contributed by atoms with Gasteiger partial charge in [0.1, 0.15) is 11.1 Å². The van der Waals surface area contributed by atoms with E-state index in [2.05, 4.69) is 10.6 Å². The summed E-state index contributed by atoms with van der Waals surface area (Å²) in [5.74, 6) is 0.00197. The molecule has 0 aromatic carbocycles. The van der Waals surface area contributed by atoms with Crippen LogP contribution < -0.4 is 10.6 Å². The van der Waals surface area contributed by atoms with Gasteiger partial charge in [0.15, 0.2) is 0 Å². The highest BCUT2D eigenvalue weighted by Crippen LogP contribution is 2.26. The Kier molecular flexibility index (Phi) is 6.86. The molecule has 0 aliphatic heterocycles. The van der Waals surface area contributed by atoms with Crippen molar-refractivity contribution in [3.63, 3.8) is 0 Å². The average Bonchev–Trinajstić information content (AvgIpc) is 2.43. The second-order valence-corrected chi connectivity index (χ2v) is 7.79. The normalized spacial score (nSPS) is 22.3. The fourth-order valence-electron chi connectivity index (χ4n) is 2.95. The van der Waals surface area contributed by atoms with Gasteiger partial charge in [-0.05, 0) is 53.4 Å². The Hall–Kier alpha value is -1.30. The molecule has 2 N–H and O–H groups in total. The van der Waals surface area contributed by atoms with Crippen LogP contribution in [0.1, 0.15) is 60.3 Å². The van der Waals surface area contributed by atoms with Crippen molar-refractivity contribution < 1.29 is 19.1 Å². The fraction of sp³-hybridized carbons (Fsp3) is 0.882. The van der Waals surface area contributed by atoms with E-state index in [0.717, 1.165) is 25.7 Å². The molecular weight excluding hydrogens is 296 g/mol. The molecular formula is C17H32N2O4. The second kappa shape index (κ2) is 7.99. The molecule has 1 aliphatic rings. The number of methoxy groups -OCH3 is 1. The quantitative estimate of drug-likeness (QED) is 0.759. The predicted molar refractivity (Wildman–Crippen MR) is 89.2 cm³/mol. The highest BCUT2D eigenvalue weighted by Gasteiger charge is 2.35. The van der Waals surface area contributed by atoms with Crippen LogP contribution in [-0.2, 0) is 14.3 Å². The van der Waals surface area contributed by atoms with Crippen LogP contribution in [0.4, 0.5) is 4.79 Å². The molecule has 2 atom stereocenters. The zero-order chi connectivity index (χ0) is 17.7. The van der Waals surface area contributed by atoms with Gasteiger partial charge in [-0.15, -0.1) is 0 Å². The van der Waals surface area contributed by atoms with Crippen molar-refractivity contribution >= 4 is 12.1 Å². The van der Waals surface area contributed by atoms with E-state index in [0.29, 0.717) is 6.54 Å². The number of ether oxygens (including phenoxy) is 2. The lowest BCUT2D eigenvalue weighted by atomic mass is 9.83. The van der Waals surface area contributed by atoms with Gasteiger partial charge in [-0.25, -0.2) is 4.79 Å². The molecule has 1 saturated carbocycles. The number of rotatable bonds is 5. The van der Waals surface area contributed by atoms with Crippen LogP contribution in [0, 0.1) is 5.92 Å². The molecule has 0 bridgehead atoms. The molecule has 0 aromatic rings. The van der Waals surface area contributed by atoms with E-state index >= 15 is 0 Å². The minimum atomic E-state index is -0.735. The van der Waals surface area contributed by atoms with Crippen LogP contribution >= 0.6 is 0 Å². The summed E-state index contributed by atoms with van der Waals surface area (Å²) < 4.78 is 10.1. The summed E-state index contributed by atoms with van der Waals surface area (Å²) in [6.45, 7) is 9.73. The molecule has 6 nitrogen and oxygen atoms in total. The highest BCUT2D eigenvalue weighted by atomic mass is 16.6. The van der Waals surface area contributed by atoms with E-state index in [1.165, 1.54) is 7.11 Å². The monoisotopic (exact) mass is 328 g/mol. The number of hydrogen-bond acceptors (Lipinski definition) is 5. The molecule has 2 unspecified atom stereocenters. The maximum atomic E-state index is 11.9. The lowest BCUT2D eigenvalue weighted by molar-refractivity contribution is -0.147. The lowest BCUT2D eigenvalue weighted by Gasteiger charge is -2.37. The summed E-state index contributed by atoms with van der Waals surface area (Å²) in [7, 11) is 1.40. The van der Waals surface area contributed by atoms with Crippen LogP contribution in [0.3, 0.4) is 0 Å². The first-order valence-electron chi connectivity index (χ1n) is 8.38. The molecule has 0 spiro atoms. The maximum Gasteiger partial charge on any atom is 0.407 e. The van der Waals surface area contributed by atoms with Gasteiger partial charge in [0.05, 0.1) is 7.11 Å². The summed E-state index contributed by atoms with van der Waals surface area (Å²) in [6, 6.07) is 0.174. The maximum absolute atomic E-state index is 11.9. The molecule has 1 amide bonds. The van der Waals surface area contributed by atoms with E-state index in [9.17, 15) is 9.59 Å². The van der Waals surface area contributed by atoms with Crippen molar-refractivity contribution in [2.45, 2.75) is 77.5 Å². The van der Waals surface area contributed by atoms with Gasteiger partial charge in [0.25, 0.3) is 0 Å². The molecule has 1 aliphatic carbocycles. The number of nitrogens with one attached hydrogen (secondary N) is 2. The Morgan fingerprint density at radius 2 is 1.70 bits per heavy atom. The molecule has 23 heavy (non-hydrogen) atoms. The van der Waals surface area contributed by atoms with E-state index in [-0.39, 0.29) is 17.9 Å². The molecule has 0 saturated heterocycles. The molecule has 6 heteroatoms. The third-order valence-corrected chi connectivity index (χ3v) is 4.06. The lowest BCUT2D eigenvalue weighted by Crippen LogP contribution is -2.56.